The van der Waals surface area contributed by atoms with Crippen LogP contribution in [-0.2, 0) is 20.5 Å². The van der Waals surface area contributed by atoms with Crippen LogP contribution in [0, 0.1) is 5.82 Å². The minimum absolute atomic E-state index is 0.180. The zero-order chi connectivity index (χ0) is 20.3. The highest BCUT2D eigenvalue weighted by molar-refractivity contribution is 7.98. The van der Waals surface area contributed by atoms with E-state index in [0.717, 1.165) is 5.69 Å². The molecule has 4 rings (SSSR count). The molecule has 2 aromatic heterocycles. The van der Waals surface area contributed by atoms with Gasteiger partial charge in [-0.2, -0.15) is 9.40 Å². The molecule has 0 atom stereocenters. The molecular formula is C19H19FN4O3S2. The first-order valence-electron chi connectivity index (χ1n) is 9.00. The largest absolute Gasteiger partial charge is 0.379 e. The molecule has 0 saturated carbocycles. The van der Waals surface area contributed by atoms with E-state index in [1.807, 2.05) is 6.07 Å². The fourth-order valence-electron chi connectivity index (χ4n) is 2.89. The molecule has 1 fully saturated rings. The highest BCUT2D eigenvalue weighted by atomic mass is 32.2. The predicted molar refractivity (Wildman–Crippen MR) is 107 cm³/mol. The maximum atomic E-state index is 13.4. The average molecular weight is 435 g/mol. The van der Waals surface area contributed by atoms with Gasteiger partial charge < -0.3 is 4.74 Å². The molecule has 1 aromatic carbocycles. The minimum atomic E-state index is -3.54. The van der Waals surface area contributed by atoms with Gasteiger partial charge in [0.15, 0.2) is 0 Å². The highest BCUT2D eigenvalue weighted by Gasteiger charge is 2.26. The second-order valence-corrected chi connectivity index (χ2v) is 9.30. The van der Waals surface area contributed by atoms with E-state index in [1.165, 1.54) is 34.4 Å². The van der Waals surface area contributed by atoms with Gasteiger partial charge in [-0.3, -0.25) is 0 Å². The van der Waals surface area contributed by atoms with Gasteiger partial charge in [0.05, 0.1) is 29.6 Å². The molecule has 1 aliphatic rings. The van der Waals surface area contributed by atoms with E-state index >= 15 is 0 Å². The fourth-order valence-corrected chi connectivity index (χ4v) is 4.98. The number of rotatable bonds is 6. The Kier molecular flexibility index (Phi) is 5.95. The summed E-state index contributed by atoms with van der Waals surface area (Å²) in [6, 6.07) is 11.3. The normalized spacial score (nSPS) is 15.5. The van der Waals surface area contributed by atoms with E-state index in [-0.39, 0.29) is 10.7 Å². The summed E-state index contributed by atoms with van der Waals surface area (Å²) in [4.78, 5) is 4.45. The Labute approximate surface area is 172 Å². The van der Waals surface area contributed by atoms with E-state index in [9.17, 15) is 12.8 Å². The molecule has 0 radical (unpaired) electrons. The Morgan fingerprint density at radius 2 is 1.97 bits per heavy atom. The number of hydrogen-bond donors (Lipinski definition) is 0. The molecule has 0 spiro atoms. The van der Waals surface area contributed by atoms with Gasteiger partial charge in [-0.15, -0.1) is 0 Å². The lowest BCUT2D eigenvalue weighted by atomic mass is 10.3. The molecule has 7 nitrogen and oxygen atoms in total. The van der Waals surface area contributed by atoms with Crippen molar-refractivity contribution in [2.45, 2.75) is 15.7 Å². The van der Waals surface area contributed by atoms with Crippen LogP contribution in [0.1, 0.15) is 5.69 Å². The average Bonchev–Trinajstić information content (AvgIpc) is 3.22. The van der Waals surface area contributed by atoms with Crippen molar-refractivity contribution in [1.29, 1.82) is 0 Å². The van der Waals surface area contributed by atoms with Crippen LogP contribution < -0.4 is 0 Å². The van der Waals surface area contributed by atoms with Crippen molar-refractivity contribution in [2.75, 3.05) is 26.3 Å². The first-order chi connectivity index (χ1) is 14.0. The van der Waals surface area contributed by atoms with Crippen LogP contribution in [0.5, 0.6) is 0 Å². The second-order valence-electron chi connectivity index (χ2n) is 6.37. The smallest absolute Gasteiger partial charge is 0.244 e. The summed E-state index contributed by atoms with van der Waals surface area (Å²) >= 11 is 1.45. The van der Waals surface area contributed by atoms with Crippen LogP contribution in [0.25, 0.3) is 5.69 Å². The summed E-state index contributed by atoms with van der Waals surface area (Å²) in [6.45, 7) is 1.52. The molecule has 1 aliphatic heterocycles. The minimum Gasteiger partial charge on any atom is -0.379 e. The highest BCUT2D eigenvalue weighted by Crippen LogP contribution is 2.23. The van der Waals surface area contributed by atoms with Gasteiger partial charge in [0.25, 0.3) is 0 Å². The summed E-state index contributed by atoms with van der Waals surface area (Å²) < 4.78 is 46.8. The number of thioether (sulfide) groups is 1. The molecule has 0 aliphatic carbocycles. The topological polar surface area (TPSA) is 77.3 Å². The fraction of sp³-hybridized carbons (Fsp3) is 0.263. The SMILES string of the molecule is O=S(=O)(c1ccc(SCc2ccn(-c3cccc(F)c3)n2)nc1)N1CCOCC1. The van der Waals surface area contributed by atoms with Crippen molar-refractivity contribution in [3.63, 3.8) is 0 Å². The summed E-state index contributed by atoms with van der Waals surface area (Å²) in [5.41, 5.74) is 1.46. The van der Waals surface area contributed by atoms with Crippen molar-refractivity contribution in [2.24, 2.45) is 0 Å². The number of ether oxygens (including phenoxy) is 1. The molecule has 0 unspecified atom stereocenters. The van der Waals surface area contributed by atoms with E-state index in [2.05, 4.69) is 10.1 Å². The van der Waals surface area contributed by atoms with Crippen LogP contribution in [-0.4, -0.2) is 53.8 Å². The van der Waals surface area contributed by atoms with E-state index in [1.54, 1.807) is 35.1 Å². The maximum absolute atomic E-state index is 13.4. The van der Waals surface area contributed by atoms with Gasteiger partial charge in [-0.25, -0.2) is 22.5 Å². The van der Waals surface area contributed by atoms with Crippen molar-refractivity contribution >= 4 is 21.8 Å². The van der Waals surface area contributed by atoms with Crippen LogP contribution in [0.15, 0.2) is 64.8 Å². The van der Waals surface area contributed by atoms with Gasteiger partial charge in [0.2, 0.25) is 10.0 Å². The summed E-state index contributed by atoms with van der Waals surface area (Å²) in [6.07, 6.45) is 3.16. The zero-order valence-electron chi connectivity index (χ0n) is 15.4. The Morgan fingerprint density at radius 3 is 2.69 bits per heavy atom. The number of hydrogen-bond acceptors (Lipinski definition) is 6. The predicted octanol–water partition coefficient (Wildman–Crippen LogP) is 2.72. The Bertz CT molecular complexity index is 1080. The third-order valence-corrected chi connectivity index (χ3v) is 7.26. The number of sulfonamides is 1. The summed E-state index contributed by atoms with van der Waals surface area (Å²) in [5, 5.41) is 5.14. The lowest BCUT2D eigenvalue weighted by Crippen LogP contribution is -2.40. The molecule has 0 amide bonds. The molecule has 10 heteroatoms. The van der Waals surface area contributed by atoms with Crippen LogP contribution in [0.2, 0.25) is 0 Å². The van der Waals surface area contributed by atoms with Gasteiger partial charge in [-0.05, 0) is 36.4 Å². The van der Waals surface area contributed by atoms with Crippen LogP contribution in [0.3, 0.4) is 0 Å². The maximum Gasteiger partial charge on any atom is 0.244 e. The van der Waals surface area contributed by atoms with Crippen molar-refractivity contribution < 1.29 is 17.5 Å². The summed E-state index contributed by atoms with van der Waals surface area (Å²) in [7, 11) is -3.54. The van der Waals surface area contributed by atoms with E-state index in [4.69, 9.17) is 4.74 Å². The van der Waals surface area contributed by atoms with Crippen molar-refractivity contribution in [3.05, 3.63) is 66.4 Å². The molecule has 0 bridgehead atoms. The summed E-state index contributed by atoms with van der Waals surface area (Å²) in [5.74, 6) is 0.246. The monoisotopic (exact) mass is 434 g/mol. The number of aromatic nitrogens is 3. The number of nitrogens with zero attached hydrogens (tertiary/aromatic N) is 4. The molecule has 0 N–H and O–H groups in total. The second kappa shape index (κ2) is 8.62. The van der Waals surface area contributed by atoms with Crippen molar-refractivity contribution in [1.82, 2.24) is 19.1 Å². The van der Waals surface area contributed by atoms with Gasteiger partial charge in [0.1, 0.15) is 10.7 Å². The molecule has 152 valence electrons. The van der Waals surface area contributed by atoms with Gasteiger partial charge in [0, 0.05) is 31.2 Å². The number of halogens is 1. The first kappa shape index (κ1) is 20.0. The quantitative estimate of drug-likeness (QED) is 0.555. The molecule has 29 heavy (non-hydrogen) atoms. The van der Waals surface area contributed by atoms with E-state index < -0.39 is 10.0 Å². The lowest BCUT2D eigenvalue weighted by Gasteiger charge is -2.25. The molecular weight excluding hydrogens is 415 g/mol. The van der Waals surface area contributed by atoms with E-state index in [0.29, 0.717) is 42.8 Å². The third-order valence-electron chi connectivity index (χ3n) is 4.40. The molecule has 3 aromatic rings. The number of benzene rings is 1. The van der Waals surface area contributed by atoms with Crippen LogP contribution in [0.4, 0.5) is 4.39 Å². The van der Waals surface area contributed by atoms with Gasteiger partial charge in [-0.1, -0.05) is 17.8 Å². The lowest BCUT2D eigenvalue weighted by molar-refractivity contribution is 0.0730. The number of pyridine rings is 1. The standard InChI is InChI=1S/C19H19FN4O3S2/c20-15-2-1-3-17(12-15)24-7-6-16(22-24)14-28-19-5-4-18(13-21-19)29(25,26)23-8-10-27-11-9-23/h1-7,12-13H,8-11,14H2. The Balaban J connectivity index is 1.40. The third kappa shape index (κ3) is 4.67. The number of morpholine rings is 1. The Morgan fingerprint density at radius 1 is 1.14 bits per heavy atom. The molecule has 1 saturated heterocycles. The van der Waals surface area contributed by atoms with Crippen LogP contribution >= 0.6 is 11.8 Å². The van der Waals surface area contributed by atoms with Crippen molar-refractivity contribution in [3.8, 4) is 5.69 Å². The first-order valence-corrected chi connectivity index (χ1v) is 11.4. The zero-order valence-corrected chi connectivity index (χ0v) is 17.1. The Hall–Kier alpha value is -2.27. The van der Waals surface area contributed by atoms with Gasteiger partial charge >= 0.3 is 0 Å². The molecule has 3 heterocycles.